The van der Waals surface area contributed by atoms with Crippen LogP contribution in [0.1, 0.15) is 85.0 Å². The lowest BCUT2D eigenvalue weighted by Gasteiger charge is -2.31. The van der Waals surface area contributed by atoms with Crippen LogP contribution in [0.4, 0.5) is 0 Å². The van der Waals surface area contributed by atoms with Gasteiger partial charge in [-0.25, -0.2) is 0 Å². The molecule has 0 aromatic heterocycles. The fourth-order valence-electron chi connectivity index (χ4n) is 4.75. The summed E-state index contributed by atoms with van der Waals surface area (Å²) in [7, 11) is 0. The van der Waals surface area contributed by atoms with Crippen LogP contribution in [0.15, 0.2) is 12.2 Å². The van der Waals surface area contributed by atoms with E-state index >= 15 is 0 Å². The minimum atomic E-state index is -0.129. The van der Waals surface area contributed by atoms with Gasteiger partial charge >= 0.3 is 0 Å². The largest absolute Gasteiger partial charge is 0.393 e. The van der Waals surface area contributed by atoms with Crippen LogP contribution in [0.25, 0.3) is 0 Å². The van der Waals surface area contributed by atoms with Crippen molar-refractivity contribution in [2.75, 3.05) is 0 Å². The zero-order chi connectivity index (χ0) is 17.5. The maximum Gasteiger partial charge on any atom is 0.0546 e. The lowest BCUT2D eigenvalue weighted by molar-refractivity contribution is 0.0830. The third kappa shape index (κ3) is 6.88. The van der Waals surface area contributed by atoms with Crippen LogP contribution < -0.4 is 0 Å². The molecule has 1 fully saturated rings. The van der Waals surface area contributed by atoms with E-state index in [1.165, 1.54) is 44.9 Å². The molecule has 0 amide bonds. The molecule has 0 bridgehead atoms. The number of rotatable bonds is 8. The molecule has 0 saturated heterocycles. The predicted octanol–water partition coefficient (Wildman–Crippen LogP) is 5.33. The van der Waals surface area contributed by atoms with Gasteiger partial charge in [0.25, 0.3) is 0 Å². The van der Waals surface area contributed by atoms with Gasteiger partial charge in [0.15, 0.2) is 0 Å². The van der Waals surface area contributed by atoms with E-state index in [9.17, 15) is 10.2 Å². The van der Waals surface area contributed by atoms with E-state index in [2.05, 4.69) is 26.0 Å². The number of aliphatic hydroxyl groups is 2. The molecule has 1 saturated carbocycles. The van der Waals surface area contributed by atoms with Gasteiger partial charge in [-0.1, -0.05) is 38.8 Å². The van der Waals surface area contributed by atoms with E-state index in [1.54, 1.807) is 0 Å². The molecule has 2 nitrogen and oxygen atoms in total. The molecular formula is C22H40O2. The van der Waals surface area contributed by atoms with Crippen molar-refractivity contribution in [2.24, 2.45) is 29.6 Å². The monoisotopic (exact) mass is 336 g/mol. The summed E-state index contributed by atoms with van der Waals surface area (Å²) in [5.41, 5.74) is 0. The van der Waals surface area contributed by atoms with Gasteiger partial charge in [0.2, 0.25) is 0 Å². The molecule has 24 heavy (non-hydrogen) atoms. The van der Waals surface area contributed by atoms with Crippen LogP contribution in [0, 0.1) is 29.6 Å². The Morgan fingerprint density at radius 2 is 1.58 bits per heavy atom. The molecule has 2 aliphatic rings. The summed E-state index contributed by atoms with van der Waals surface area (Å²) >= 11 is 0. The second-order valence-electron chi connectivity index (χ2n) is 9.03. The zero-order valence-corrected chi connectivity index (χ0v) is 16.2. The molecule has 2 N–H and O–H groups in total. The van der Waals surface area contributed by atoms with Crippen LogP contribution in [-0.4, -0.2) is 22.4 Å². The number of allylic oxidation sites excluding steroid dienone is 2. The smallest absolute Gasteiger partial charge is 0.0546 e. The summed E-state index contributed by atoms with van der Waals surface area (Å²) in [6, 6.07) is 0. The summed E-state index contributed by atoms with van der Waals surface area (Å²) < 4.78 is 0. The van der Waals surface area contributed by atoms with Gasteiger partial charge in [-0.05, 0) is 87.9 Å². The molecule has 2 heteroatoms. The van der Waals surface area contributed by atoms with Gasteiger partial charge in [0.05, 0.1) is 12.2 Å². The Hall–Kier alpha value is -0.340. The minimum Gasteiger partial charge on any atom is -0.393 e. The van der Waals surface area contributed by atoms with Crippen molar-refractivity contribution in [1.82, 2.24) is 0 Å². The fourth-order valence-corrected chi connectivity index (χ4v) is 4.75. The topological polar surface area (TPSA) is 40.5 Å². The summed E-state index contributed by atoms with van der Waals surface area (Å²) in [5, 5.41) is 20.1. The predicted molar refractivity (Wildman–Crippen MR) is 102 cm³/mol. The van der Waals surface area contributed by atoms with Crippen LogP contribution >= 0.6 is 0 Å². The first-order chi connectivity index (χ1) is 11.4. The summed E-state index contributed by atoms with van der Waals surface area (Å²) in [5.74, 6) is 3.42. The number of hydrogen-bond donors (Lipinski definition) is 2. The zero-order valence-electron chi connectivity index (χ0n) is 16.2. The highest BCUT2D eigenvalue weighted by Gasteiger charge is 2.25. The standard InChI is InChI=1S/C22H40O2/c1-16-4-7-20(8-5-16)15-22(24)13-6-17(2)14-19-9-11-21(12-10-19)18(3)23/h4,7,16-24H,5-6,8-15H2,1-3H3/t16?,17-,18?,19?,20?,21?,22?/m0/s1. The third-order valence-electron chi connectivity index (χ3n) is 6.58. The molecule has 2 rings (SSSR count). The first kappa shape index (κ1) is 20.0. The van der Waals surface area contributed by atoms with Gasteiger partial charge < -0.3 is 10.2 Å². The molecule has 5 atom stereocenters. The van der Waals surface area contributed by atoms with Crippen LogP contribution in [0.2, 0.25) is 0 Å². The lowest BCUT2D eigenvalue weighted by Crippen LogP contribution is -2.24. The van der Waals surface area contributed by atoms with Gasteiger partial charge in [0, 0.05) is 0 Å². The highest BCUT2D eigenvalue weighted by Crippen LogP contribution is 2.35. The average molecular weight is 337 g/mol. The summed E-state index contributed by atoms with van der Waals surface area (Å²) in [6.07, 6.45) is 16.3. The summed E-state index contributed by atoms with van der Waals surface area (Å²) in [4.78, 5) is 0. The van der Waals surface area contributed by atoms with Crippen LogP contribution in [0.3, 0.4) is 0 Å². The van der Waals surface area contributed by atoms with E-state index < -0.39 is 0 Å². The quantitative estimate of drug-likeness (QED) is 0.588. The van der Waals surface area contributed by atoms with Crippen LogP contribution in [-0.2, 0) is 0 Å². The third-order valence-corrected chi connectivity index (χ3v) is 6.58. The van der Waals surface area contributed by atoms with Gasteiger partial charge in [-0.15, -0.1) is 0 Å². The molecule has 0 heterocycles. The Labute approximate surface area is 149 Å². The van der Waals surface area contributed by atoms with Crippen molar-refractivity contribution in [3.8, 4) is 0 Å². The highest BCUT2D eigenvalue weighted by molar-refractivity contribution is 4.97. The molecule has 0 radical (unpaired) electrons. The van der Waals surface area contributed by atoms with Crippen molar-refractivity contribution in [2.45, 2.75) is 97.2 Å². The van der Waals surface area contributed by atoms with Crippen molar-refractivity contribution >= 4 is 0 Å². The fraction of sp³-hybridized carbons (Fsp3) is 0.909. The van der Waals surface area contributed by atoms with Crippen molar-refractivity contribution in [3.63, 3.8) is 0 Å². The number of hydrogen-bond acceptors (Lipinski definition) is 2. The van der Waals surface area contributed by atoms with E-state index in [1.807, 2.05) is 6.92 Å². The first-order valence-corrected chi connectivity index (χ1v) is 10.5. The Bertz CT molecular complexity index is 368. The maximum absolute atomic E-state index is 10.4. The highest BCUT2D eigenvalue weighted by atomic mass is 16.3. The molecule has 4 unspecified atom stereocenters. The van der Waals surface area contributed by atoms with E-state index in [4.69, 9.17) is 0 Å². The van der Waals surface area contributed by atoms with Crippen LogP contribution in [0.5, 0.6) is 0 Å². The number of aliphatic hydroxyl groups excluding tert-OH is 2. The van der Waals surface area contributed by atoms with E-state index in [0.29, 0.717) is 11.8 Å². The molecule has 140 valence electrons. The minimum absolute atomic E-state index is 0.124. The molecule has 2 aliphatic carbocycles. The second-order valence-corrected chi connectivity index (χ2v) is 9.03. The molecule has 0 aromatic rings. The Balaban J connectivity index is 1.59. The maximum atomic E-state index is 10.4. The average Bonchev–Trinajstić information content (AvgIpc) is 2.55. The van der Waals surface area contributed by atoms with Crippen molar-refractivity contribution in [3.05, 3.63) is 12.2 Å². The van der Waals surface area contributed by atoms with E-state index in [-0.39, 0.29) is 12.2 Å². The van der Waals surface area contributed by atoms with Gasteiger partial charge in [-0.2, -0.15) is 0 Å². The summed E-state index contributed by atoms with van der Waals surface area (Å²) in [6.45, 7) is 6.58. The molecule has 0 aromatic carbocycles. The SMILES string of the molecule is CC1C=CC(CC(O)CC[C@H](C)CC2CCC(C(C)O)CC2)CC1. The lowest BCUT2D eigenvalue weighted by atomic mass is 9.76. The Morgan fingerprint density at radius 3 is 2.17 bits per heavy atom. The van der Waals surface area contributed by atoms with E-state index in [0.717, 1.165) is 37.0 Å². The molecular weight excluding hydrogens is 296 g/mol. The first-order valence-electron chi connectivity index (χ1n) is 10.5. The molecule has 0 spiro atoms. The van der Waals surface area contributed by atoms with Gasteiger partial charge in [-0.3, -0.25) is 0 Å². The van der Waals surface area contributed by atoms with Gasteiger partial charge in [0.1, 0.15) is 0 Å². The molecule has 0 aliphatic heterocycles. The van der Waals surface area contributed by atoms with Crippen molar-refractivity contribution < 1.29 is 10.2 Å². The normalized spacial score (nSPS) is 34.7. The Morgan fingerprint density at radius 1 is 0.875 bits per heavy atom. The second kappa shape index (κ2) is 9.97. The Kier molecular flexibility index (Phi) is 8.30. The van der Waals surface area contributed by atoms with Crippen molar-refractivity contribution in [1.29, 1.82) is 0 Å².